The fourth-order valence-electron chi connectivity index (χ4n) is 4.26. The molecule has 4 rings (SSSR count). The van der Waals surface area contributed by atoms with Gasteiger partial charge in [-0.15, -0.1) is 0 Å². The number of aromatic nitrogens is 2. The van der Waals surface area contributed by atoms with Crippen molar-refractivity contribution in [2.45, 2.75) is 46.2 Å². The van der Waals surface area contributed by atoms with Crippen molar-refractivity contribution in [2.24, 2.45) is 0 Å². The number of nitrogens with one attached hydrogen (secondary N) is 1. The topological polar surface area (TPSA) is 56.2 Å². The Balaban J connectivity index is 1.78. The van der Waals surface area contributed by atoms with E-state index < -0.39 is 0 Å². The molecule has 0 radical (unpaired) electrons. The summed E-state index contributed by atoms with van der Waals surface area (Å²) in [7, 11) is 0. The van der Waals surface area contributed by atoms with Gasteiger partial charge in [-0.1, -0.05) is 74.5 Å². The minimum atomic E-state index is -0.126. The molecule has 0 aliphatic carbocycles. The summed E-state index contributed by atoms with van der Waals surface area (Å²) >= 11 is 0. The molecule has 0 saturated heterocycles. The van der Waals surface area contributed by atoms with Crippen LogP contribution in [0.1, 0.15) is 55.7 Å². The second-order valence-corrected chi connectivity index (χ2v) is 8.46. The van der Waals surface area contributed by atoms with Crippen molar-refractivity contribution in [1.29, 1.82) is 0 Å². The van der Waals surface area contributed by atoms with Gasteiger partial charge in [-0.05, 0) is 49.6 Å². The van der Waals surface area contributed by atoms with Gasteiger partial charge >= 0.3 is 0 Å². The molecule has 1 N–H and O–H groups in total. The zero-order valence-corrected chi connectivity index (χ0v) is 20.7. The minimum Gasteiger partial charge on any atom is -0.494 e. The summed E-state index contributed by atoms with van der Waals surface area (Å²) in [6.45, 7) is 7.51. The number of carbonyl (C=O) groups is 1. The van der Waals surface area contributed by atoms with Gasteiger partial charge in [0.15, 0.2) is 0 Å². The summed E-state index contributed by atoms with van der Waals surface area (Å²) in [6.07, 6.45) is 1.74. The van der Waals surface area contributed by atoms with Crippen molar-refractivity contribution < 1.29 is 9.53 Å². The summed E-state index contributed by atoms with van der Waals surface area (Å²) in [5.41, 5.74) is 4.20. The maximum absolute atomic E-state index is 13.8. The zero-order valence-electron chi connectivity index (χ0n) is 20.7. The molecule has 0 unspecified atom stereocenters. The van der Waals surface area contributed by atoms with Gasteiger partial charge in [0, 0.05) is 17.7 Å². The SMILES string of the molecule is CCCOc1ccc(-c2nc(-c3ccccc3)n(CC)c2C(=O)N[C@@H](CC)c2ccccc2)cc1. The standard InChI is InChI=1S/C30H33N3O2/c1-4-21-35-25-19-17-23(18-20-25)27-28(30(34)31-26(5-2)22-13-9-7-10-14-22)33(6-3)29(32-27)24-15-11-8-12-16-24/h7-20,26H,4-6,21H2,1-3H3,(H,31,34)/t26-/m0/s1. The number of ether oxygens (including phenoxy) is 1. The fourth-order valence-corrected chi connectivity index (χ4v) is 4.26. The van der Waals surface area contributed by atoms with E-state index in [2.05, 4.69) is 31.3 Å². The van der Waals surface area contributed by atoms with Crippen molar-refractivity contribution in [3.8, 4) is 28.4 Å². The highest BCUT2D eigenvalue weighted by Gasteiger charge is 2.26. The Morgan fingerprint density at radius 1 is 0.886 bits per heavy atom. The third kappa shape index (κ3) is 5.46. The normalized spacial score (nSPS) is 11.7. The molecule has 0 saturated carbocycles. The highest BCUT2D eigenvalue weighted by Crippen LogP contribution is 2.31. The molecule has 180 valence electrons. The third-order valence-corrected chi connectivity index (χ3v) is 6.05. The molecule has 4 aromatic rings. The lowest BCUT2D eigenvalue weighted by Crippen LogP contribution is -2.30. The molecule has 5 nitrogen and oxygen atoms in total. The van der Waals surface area contributed by atoms with Crippen LogP contribution < -0.4 is 10.1 Å². The number of hydrogen-bond donors (Lipinski definition) is 1. The molecule has 3 aromatic carbocycles. The molecule has 0 fully saturated rings. The van der Waals surface area contributed by atoms with Gasteiger partial charge in [0.05, 0.1) is 12.6 Å². The Morgan fingerprint density at radius 2 is 1.54 bits per heavy atom. The maximum atomic E-state index is 13.8. The number of amides is 1. The van der Waals surface area contributed by atoms with Crippen molar-refractivity contribution in [1.82, 2.24) is 14.9 Å². The highest BCUT2D eigenvalue weighted by molar-refractivity contribution is 5.99. The number of carbonyl (C=O) groups excluding carboxylic acids is 1. The molecule has 1 heterocycles. The molecular weight excluding hydrogens is 434 g/mol. The molecule has 35 heavy (non-hydrogen) atoms. The van der Waals surface area contributed by atoms with Crippen LogP contribution in [-0.2, 0) is 6.54 Å². The van der Waals surface area contributed by atoms with Crippen LogP contribution in [-0.4, -0.2) is 22.1 Å². The number of hydrogen-bond acceptors (Lipinski definition) is 3. The van der Waals surface area contributed by atoms with Gasteiger partial charge < -0.3 is 14.6 Å². The molecule has 0 spiro atoms. The quantitative estimate of drug-likeness (QED) is 0.276. The Kier molecular flexibility index (Phi) is 7.99. The van der Waals surface area contributed by atoms with Crippen LogP contribution in [0.15, 0.2) is 84.9 Å². The van der Waals surface area contributed by atoms with E-state index in [1.54, 1.807) is 0 Å². The summed E-state index contributed by atoms with van der Waals surface area (Å²) in [6, 6.07) is 27.9. The summed E-state index contributed by atoms with van der Waals surface area (Å²) in [4.78, 5) is 18.8. The minimum absolute atomic E-state index is 0.0817. The van der Waals surface area contributed by atoms with Gasteiger partial charge in [-0.2, -0.15) is 0 Å². The number of rotatable bonds is 10. The van der Waals surface area contributed by atoms with Crippen LogP contribution in [0.2, 0.25) is 0 Å². The van der Waals surface area contributed by atoms with Gasteiger partial charge in [-0.25, -0.2) is 4.98 Å². The molecule has 1 amide bonds. The summed E-state index contributed by atoms with van der Waals surface area (Å²) in [5, 5.41) is 3.26. The Labute approximate surface area is 207 Å². The first-order valence-electron chi connectivity index (χ1n) is 12.4. The first-order chi connectivity index (χ1) is 17.2. The molecule has 0 bridgehead atoms. The van der Waals surface area contributed by atoms with Crippen molar-refractivity contribution in [2.75, 3.05) is 6.61 Å². The summed E-state index contributed by atoms with van der Waals surface area (Å²) < 4.78 is 7.77. The molecule has 1 aromatic heterocycles. The molecule has 0 aliphatic heterocycles. The lowest BCUT2D eigenvalue weighted by Gasteiger charge is -2.19. The largest absolute Gasteiger partial charge is 0.494 e. The Morgan fingerprint density at radius 3 is 2.14 bits per heavy atom. The average Bonchev–Trinajstić information content (AvgIpc) is 3.31. The van der Waals surface area contributed by atoms with Crippen LogP contribution in [0, 0.1) is 0 Å². The lowest BCUT2D eigenvalue weighted by atomic mass is 10.0. The lowest BCUT2D eigenvalue weighted by molar-refractivity contribution is 0.0927. The van der Waals surface area contributed by atoms with Crippen LogP contribution >= 0.6 is 0 Å². The first kappa shape index (κ1) is 24.3. The predicted molar refractivity (Wildman–Crippen MR) is 141 cm³/mol. The molecular formula is C30H33N3O2. The van der Waals surface area contributed by atoms with Crippen LogP contribution in [0.5, 0.6) is 5.75 Å². The van der Waals surface area contributed by atoms with Gasteiger partial charge in [-0.3, -0.25) is 4.79 Å². The van der Waals surface area contributed by atoms with E-state index in [0.717, 1.165) is 41.1 Å². The third-order valence-electron chi connectivity index (χ3n) is 6.05. The van der Waals surface area contributed by atoms with E-state index in [9.17, 15) is 4.79 Å². The number of imidazole rings is 1. The first-order valence-corrected chi connectivity index (χ1v) is 12.4. The van der Waals surface area contributed by atoms with E-state index >= 15 is 0 Å². The second kappa shape index (κ2) is 11.5. The van der Waals surface area contributed by atoms with Gasteiger partial charge in [0.25, 0.3) is 5.91 Å². The smallest absolute Gasteiger partial charge is 0.270 e. The molecule has 5 heteroatoms. The molecule has 0 aliphatic rings. The average molecular weight is 468 g/mol. The van der Waals surface area contributed by atoms with E-state index in [-0.39, 0.29) is 11.9 Å². The van der Waals surface area contributed by atoms with Crippen LogP contribution in [0.25, 0.3) is 22.6 Å². The van der Waals surface area contributed by atoms with Crippen LogP contribution in [0.3, 0.4) is 0 Å². The Hall–Kier alpha value is -3.86. The Bertz CT molecular complexity index is 1230. The number of nitrogens with zero attached hydrogens (tertiary/aromatic N) is 2. The highest BCUT2D eigenvalue weighted by atomic mass is 16.5. The van der Waals surface area contributed by atoms with Crippen molar-refractivity contribution in [3.05, 3.63) is 96.2 Å². The van der Waals surface area contributed by atoms with E-state index in [1.807, 2.05) is 84.3 Å². The van der Waals surface area contributed by atoms with Crippen molar-refractivity contribution >= 4 is 5.91 Å². The molecule has 1 atom stereocenters. The van der Waals surface area contributed by atoms with E-state index in [1.165, 1.54) is 0 Å². The van der Waals surface area contributed by atoms with Crippen LogP contribution in [0.4, 0.5) is 0 Å². The van der Waals surface area contributed by atoms with Gasteiger partial charge in [0.2, 0.25) is 0 Å². The zero-order chi connectivity index (χ0) is 24.6. The van der Waals surface area contributed by atoms with E-state index in [4.69, 9.17) is 9.72 Å². The summed E-state index contributed by atoms with van der Waals surface area (Å²) in [5.74, 6) is 1.47. The fraction of sp³-hybridized carbons (Fsp3) is 0.267. The van der Waals surface area contributed by atoms with Crippen molar-refractivity contribution in [3.63, 3.8) is 0 Å². The number of benzene rings is 3. The maximum Gasteiger partial charge on any atom is 0.270 e. The van der Waals surface area contributed by atoms with Gasteiger partial charge in [0.1, 0.15) is 23.0 Å². The monoisotopic (exact) mass is 467 g/mol. The second-order valence-electron chi connectivity index (χ2n) is 8.46. The predicted octanol–water partition coefficient (Wildman–Crippen LogP) is 6.91. The van der Waals surface area contributed by atoms with E-state index in [0.29, 0.717) is 24.5 Å².